The van der Waals surface area contributed by atoms with Gasteiger partial charge in [0.25, 0.3) is 0 Å². The predicted octanol–water partition coefficient (Wildman–Crippen LogP) is 6.01. The van der Waals surface area contributed by atoms with E-state index in [1.54, 1.807) is 42.8 Å². The second-order valence-corrected chi connectivity index (χ2v) is 8.41. The molecule has 0 unspecified atom stereocenters. The average molecular weight is 432 g/mol. The first-order chi connectivity index (χ1) is 15.0. The van der Waals surface area contributed by atoms with E-state index in [1.165, 1.54) is 10.9 Å². The molecule has 0 bridgehead atoms. The number of aryl methyl sites for hydroxylation is 2. The fourth-order valence-corrected chi connectivity index (χ4v) is 4.58. The number of rotatable bonds is 6. The van der Waals surface area contributed by atoms with Gasteiger partial charge in [-0.1, -0.05) is 19.1 Å². The van der Waals surface area contributed by atoms with E-state index in [1.807, 2.05) is 31.2 Å². The quantitative estimate of drug-likeness (QED) is 0.351. The fraction of sp³-hybridized carbons (Fsp3) is 0.200. The lowest BCUT2D eigenvalue weighted by Gasteiger charge is -2.06. The Morgan fingerprint density at radius 2 is 1.90 bits per heavy atom. The van der Waals surface area contributed by atoms with Gasteiger partial charge in [-0.2, -0.15) is 0 Å². The number of benzene rings is 1. The minimum Gasteiger partial charge on any atom is -0.294 e. The van der Waals surface area contributed by atoms with Crippen molar-refractivity contribution in [2.45, 2.75) is 33.6 Å². The zero-order valence-corrected chi connectivity index (χ0v) is 18.5. The maximum absolute atomic E-state index is 13.8. The number of aromatic nitrogens is 3. The van der Waals surface area contributed by atoms with E-state index in [-0.39, 0.29) is 18.0 Å². The van der Waals surface area contributed by atoms with E-state index in [4.69, 9.17) is 4.98 Å². The van der Waals surface area contributed by atoms with Crippen LogP contribution in [0.1, 0.15) is 39.1 Å². The summed E-state index contributed by atoms with van der Waals surface area (Å²) < 4.78 is 13.8. The number of Topliss-reactive ketones (excluding diaryl/α,β-unsaturated/α-hetero) is 1. The Bertz CT molecular complexity index is 1250. The number of pyridine rings is 2. The zero-order valence-electron chi connectivity index (χ0n) is 17.6. The van der Waals surface area contributed by atoms with Gasteiger partial charge in [0.1, 0.15) is 10.8 Å². The molecule has 0 fully saturated rings. The molecule has 0 aliphatic heterocycles. The lowest BCUT2D eigenvalue weighted by Crippen LogP contribution is -2.08. The van der Waals surface area contributed by atoms with Gasteiger partial charge in [-0.25, -0.2) is 9.37 Å². The molecule has 0 atom stereocenters. The van der Waals surface area contributed by atoms with Gasteiger partial charge in [-0.3, -0.25) is 14.8 Å². The molecular weight excluding hydrogens is 409 g/mol. The first kappa shape index (κ1) is 21.0. The summed E-state index contributed by atoms with van der Waals surface area (Å²) in [6.07, 6.45) is 4.53. The number of halogens is 1. The summed E-state index contributed by atoms with van der Waals surface area (Å²) in [5.41, 5.74) is 5.23. The number of carbonyl (C=O) groups excluding carboxylic acids is 1. The highest BCUT2D eigenvalue weighted by atomic mass is 32.1. The highest BCUT2D eigenvalue weighted by molar-refractivity contribution is 7.15. The van der Waals surface area contributed by atoms with Gasteiger partial charge in [0.2, 0.25) is 0 Å². The van der Waals surface area contributed by atoms with Crippen LogP contribution < -0.4 is 0 Å². The van der Waals surface area contributed by atoms with Crippen molar-refractivity contribution in [3.05, 3.63) is 88.1 Å². The number of ketones is 1. The van der Waals surface area contributed by atoms with Crippen molar-refractivity contribution in [1.29, 1.82) is 0 Å². The molecule has 4 nitrogen and oxygen atoms in total. The molecule has 3 aromatic heterocycles. The maximum Gasteiger partial charge on any atom is 0.169 e. The van der Waals surface area contributed by atoms with Crippen molar-refractivity contribution < 1.29 is 9.18 Å². The molecule has 0 aliphatic carbocycles. The number of thiazole rings is 1. The predicted molar refractivity (Wildman–Crippen MR) is 122 cm³/mol. The van der Waals surface area contributed by atoms with E-state index in [9.17, 15) is 9.18 Å². The van der Waals surface area contributed by atoms with E-state index < -0.39 is 0 Å². The standard InChI is InChI=1S/C25H22FN3OS/c1-4-23-24(29-25(31-23)20-8-6-12-27-16(20)3)17-10-11-18(28-14-17)13-22(30)19-7-5-9-21(26)15(19)2/h5-12,14H,4,13H2,1-3H3. The Kier molecular flexibility index (Phi) is 6.00. The molecule has 31 heavy (non-hydrogen) atoms. The number of hydrogen-bond acceptors (Lipinski definition) is 5. The average Bonchev–Trinajstić information content (AvgIpc) is 3.20. The SMILES string of the molecule is CCc1sc(-c2cccnc2C)nc1-c1ccc(CC(=O)c2cccc(F)c2C)nc1. The van der Waals surface area contributed by atoms with E-state index in [2.05, 4.69) is 16.9 Å². The van der Waals surface area contributed by atoms with Crippen LogP contribution in [0.15, 0.2) is 54.9 Å². The number of carbonyl (C=O) groups is 1. The summed E-state index contributed by atoms with van der Waals surface area (Å²) in [7, 11) is 0. The first-order valence-electron chi connectivity index (χ1n) is 10.1. The maximum atomic E-state index is 13.8. The molecule has 0 saturated carbocycles. The van der Waals surface area contributed by atoms with Crippen LogP contribution in [0.4, 0.5) is 4.39 Å². The van der Waals surface area contributed by atoms with Crippen LogP contribution in [-0.4, -0.2) is 20.7 Å². The molecule has 3 heterocycles. The molecule has 0 radical (unpaired) electrons. The van der Waals surface area contributed by atoms with Crippen LogP contribution in [0.2, 0.25) is 0 Å². The van der Waals surface area contributed by atoms with Crippen LogP contribution >= 0.6 is 11.3 Å². The summed E-state index contributed by atoms with van der Waals surface area (Å²) in [5.74, 6) is -0.515. The first-order valence-corrected chi connectivity index (χ1v) is 10.9. The third kappa shape index (κ3) is 4.30. The van der Waals surface area contributed by atoms with Crippen molar-refractivity contribution in [2.24, 2.45) is 0 Å². The summed E-state index contributed by atoms with van der Waals surface area (Å²) in [6, 6.07) is 12.3. The van der Waals surface area contributed by atoms with Crippen LogP contribution in [-0.2, 0) is 12.8 Å². The minimum absolute atomic E-state index is 0.127. The lowest BCUT2D eigenvalue weighted by molar-refractivity contribution is 0.0991. The topological polar surface area (TPSA) is 55.7 Å². The third-order valence-corrected chi connectivity index (χ3v) is 6.50. The molecule has 156 valence electrons. The molecule has 0 amide bonds. The van der Waals surface area contributed by atoms with Gasteiger partial charge in [-0.05, 0) is 56.2 Å². The van der Waals surface area contributed by atoms with Gasteiger partial charge in [0.15, 0.2) is 5.78 Å². The Morgan fingerprint density at radius 1 is 1.06 bits per heavy atom. The second kappa shape index (κ2) is 8.86. The van der Waals surface area contributed by atoms with Crippen LogP contribution in [0.3, 0.4) is 0 Å². The lowest BCUT2D eigenvalue weighted by atomic mass is 10.0. The van der Waals surface area contributed by atoms with Gasteiger partial charge < -0.3 is 0 Å². The zero-order chi connectivity index (χ0) is 22.0. The Hall–Kier alpha value is -3.25. The number of nitrogens with zero attached hydrogens (tertiary/aromatic N) is 3. The van der Waals surface area contributed by atoms with Crippen LogP contribution in [0.25, 0.3) is 21.8 Å². The van der Waals surface area contributed by atoms with Crippen LogP contribution in [0.5, 0.6) is 0 Å². The van der Waals surface area contributed by atoms with Gasteiger partial charge in [0.05, 0.1) is 12.1 Å². The molecule has 4 aromatic rings. The molecule has 6 heteroatoms. The molecular formula is C25H22FN3OS. The Labute approximate surface area is 184 Å². The van der Waals surface area contributed by atoms with Gasteiger partial charge in [0, 0.05) is 45.3 Å². The Balaban J connectivity index is 1.59. The summed E-state index contributed by atoms with van der Waals surface area (Å²) in [5, 5.41) is 0.943. The summed E-state index contributed by atoms with van der Waals surface area (Å²) in [6.45, 7) is 5.71. The normalized spacial score (nSPS) is 11.0. The molecule has 0 N–H and O–H groups in total. The van der Waals surface area contributed by atoms with Crippen molar-refractivity contribution in [2.75, 3.05) is 0 Å². The van der Waals surface area contributed by atoms with Crippen molar-refractivity contribution in [3.63, 3.8) is 0 Å². The highest BCUT2D eigenvalue weighted by Gasteiger charge is 2.16. The smallest absolute Gasteiger partial charge is 0.169 e. The highest BCUT2D eigenvalue weighted by Crippen LogP contribution is 2.35. The van der Waals surface area contributed by atoms with Crippen molar-refractivity contribution >= 4 is 17.1 Å². The van der Waals surface area contributed by atoms with Crippen molar-refractivity contribution in [1.82, 2.24) is 15.0 Å². The van der Waals surface area contributed by atoms with Crippen LogP contribution in [0, 0.1) is 19.7 Å². The van der Waals surface area contributed by atoms with E-state index in [0.29, 0.717) is 16.8 Å². The van der Waals surface area contributed by atoms with Gasteiger partial charge in [-0.15, -0.1) is 11.3 Å². The number of hydrogen-bond donors (Lipinski definition) is 0. The molecule has 1 aromatic carbocycles. The molecule has 0 aliphatic rings. The monoisotopic (exact) mass is 431 g/mol. The second-order valence-electron chi connectivity index (χ2n) is 7.33. The fourth-order valence-electron chi connectivity index (χ4n) is 3.48. The Morgan fingerprint density at radius 3 is 2.61 bits per heavy atom. The molecule has 4 rings (SSSR count). The van der Waals surface area contributed by atoms with E-state index in [0.717, 1.165) is 33.9 Å². The van der Waals surface area contributed by atoms with Crippen molar-refractivity contribution in [3.8, 4) is 21.8 Å². The molecule has 0 spiro atoms. The molecule has 0 saturated heterocycles. The van der Waals surface area contributed by atoms with E-state index >= 15 is 0 Å². The largest absolute Gasteiger partial charge is 0.294 e. The minimum atomic E-state index is -0.371. The summed E-state index contributed by atoms with van der Waals surface area (Å²) in [4.78, 5) is 27.5. The third-order valence-electron chi connectivity index (χ3n) is 5.26. The van der Waals surface area contributed by atoms with Gasteiger partial charge >= 0.3 is 0 Å². The summed E-state index contributed by atoms with van der Waals surface area (Å²) >= 11 is 1.67.